The third kappa shape index (κ3) is 4.89. The first-order chi connectivity index (χ1) is 12.5. The third-order valence-electron chi connectivity index (χ3n) is 4.80. The molecule has 0 saturated heterocycles. The zero-order chi connectivity index (χ0) is 20.4. The fourth-order valence-corrected chi connectivity index (χ4v) is 4.17. The molecular formula is C21H28N2O3S. The normalized spacial score (nSPS) is 12.5. The van der Waals surface area contributed by atoms with Gasteiger partial charge in [0.05, 0.1) is 18.0 Å². The number of rotatable bonds is 6. The Bertz CT molecular complexity index is 935. The molecule has 0 aromatic heterocycles. The lowest BCUT2D eigenvalue weighted by atomic mass is 9.96. The van der Waals surface area contributed by atoms with E-state index >= 15 is 0 Å². The van der Waals surface area contributed by atoms with E-state index < -0.39 is 10.0 Å². The fraction of sp³-hybridized carbons (Fsp3) is 0.381. The number of nitrogens with one attached hydrogen (secondary N) is 1. The van der Waals surface area contributed by atoms with Gasteiger partial charge in [-0.1, -0.05) is 12.1 Å². The molecule has 0 aliphatic carbocycles. The minimum absolute atomic E-state index is 0.125. The summed E-state index contributed by atoms with van der Waals surface area (Å²) in [4.78, 5) is 12.6. The Morgan fingerprint density at radius 3 is 2.11 bits per heavy atom. The van der Waals surface area contributed by atoms with Crippen LogP contribution in [0.25, 0.3) is 0 Å². The number of carbonyl (C=O) groups is 1. The van der Waals surface area contributed by atoms with Crippen molar-refractivity contribution in [2.75, 3.05) is 17.1 Å². The molecule has 0 saturated carbocycles. The number of nitrogens with zero attached hydrogens (tertiary/aromatic N) is 1. The third-order valence-corrected chi connectivity index (χ3v) is 6.07. The summed E-state index contributed by atoms with van der Waals surface area (Å²) in [5.41, 5.74) is 5.72. The largest absolute Gasteiger partial charge is 0.346 e. The first-order valence-electron chi connectivity index (χ1n) is 9.01. The van der Waals surface area contributed by atoms with E-state index in [-0.39, 0.29) is 11.9 Å². The molecule has 0 spiro atoms. The minimum Gasteiger partial charge on any atom is -0.346 e. The monoisotopic (exact) mass is 388 g/mol. The molecule has 2 aromatic carbocycles. The number of anilines is 1. The summed E-state index contributed by atoms with van der Waals surface area (Å²) in [6, 6.07) is 10.7. The number of sulfonamides is 1. The molecule has 27 heavy (non-hydrogen) atoms. The molecule has 1 unspecified atom stereocenters. The highest BCUT2D eigenvalue weighted by Crippen LogP contribution is 2.23. The van der Waals surface area contributed by atoms with Crippen molar-refractivity contribution in [1.82, 2.24) is 5.32 Å². The molecular weight excluding hydrogens is 360 g/mol. The van der Waals surface area contributed by atoms with Gasteiger partial charge in [-0.2, -0.15) is 0 Å². The van der Waals surface area contributed by atoms with Gasteiger partial charge < -0.3 is 5.32 Å². The lowest BCUT2D eigenvalue weighted by molar-refractivity contribution is 0.0940. The van der Waals surface area contributed by atoms with Crippen LogP contribution in [0.1, 0.15) is 52.5 Å². The van der Waals surface area contributed by atoms with E-state index in [2.05, 4.69) is 31.3 Å². The van der Waals surface area contributed by atoms with Crippen molar-refractivity contribution in [1.29, 1.82) is 0 Å². The second kappa shape index (κ2) is 8.13. The van der Waals surface area contributed by atoms with Crippen molar-refractivity contribution in [3.63, 3.8) is 0 Å². The van der Waals surface area contributed by atoms with Crippen LogP contribution in [0.15, 0.2) is 36.4 Å². The van der Waals surface area contributed by atoms with Gasteiger partial charge in [-0.25, -0.2) is 8.42 Å². The zero-order valence-electron chi connectivity index (χ0n) is 16.8. The SMILES string of the molecule is CCN(c1ccc(C(=O)NC(C)c2cc(C)c(C)cc2C)cc1)S(C)(=O)=O. The molecule has 0 radical (unpaired) electrons. The van der Waals surface area contributed by atoms with Gasteiger partial charge in [0, 0.05) is 12.1 Å². The van der Waals surface area contributed by atoms with Gasteiger partial charge in [-0.05, 0) is 81.1 Å². The molecule has 1 N–H and O–H groups in total. The average Bonchev–Trinajstić information content (AvgIpc) is 2.58. The second-order valence-electron chi connectivity index (χ2n) is 6.96. The molecule has 5 nitrogen and oxygen atoms in total. The Kier molecular flexibility index (Phi) is 6.31. The van der Waals surface area contributed by atoms with Gasteiger partial charge in [0.25, 0.3) is 5.91 Å². The maximum atomic E-state index is 12.6. The smallest absolute Gasteiger partial charge is 0.251 e. The molecule has 6 heteroatoms. The number of carbonyl (C=O) groups excluding carboxylic acids is 1. The number of hydrogen-bond donors (Lipinski definition) is 1. The first-order valence-corrected chi connectivity index (χ1v) is 10.9. The van der Waals surface area contributed by atoms with Gasteiger partial charge in [0.15, 0.2) is 0 Å². The Hall–Kier alpha value is -2.34. The Balaban J connectivity index is 2.18. The first kappa shape index (κ1) is 21.0. The molecule has 1 atom stereocenters. The average molecular weight is 389 g/mol. The predicted octanol–water partition coefficient (Wildman–Crippen LogP) is 3.89. The predicted molar refractivity (Wildman–Crippen MR) is 111 cm³/mol. The molecule has 0 aliphatic rings. The fourth-order valence-electron chi connectivity index (χ4n) is 3.19. The van der Waals surface area contributed by atoms with Crippen LogP contribution in [-0.4, -0.2) is 27.1 Å². The van der Waals surface area contributed by atoms with Gasteiger partial charge in [-0.3, -0.25) is 9.10 Å². The van der Waals surface area contributed by atoms with Crippen molar-refractivity contribution in [3.05, 3.63) is 64.2 Å². The quantitative estimate of drug-likeness (QED) is 0.816. The van der Waals surface area contributed by atoms with Crippen molar-refractivity contribution in [2.45, 2.75) is 40.7 Å². The van der Waals surface area contributed by atoms with Crippen LogP contribution in [0.3, 0.4) is 0 Å². The minimum atomic E-state index is -3.34. The summed E-state index contributed by atoms with van der Waals surface area (Å²) >= 11 is 0. The molecule has 2 rings (SSSR count). The molecule has 2 aromatic rings. The van der Waals surface area contributed by atoms with E-state index in [0.717, 1.165) is 11.1 Å². The van der Waals surface area contributed by atoms with E-state index in [1.165, 1.54) is 21.7 Å². The summed E-state index contributed by atoms with van der Waals surface area (Å²) in [6.45, 7) is 10.3. The van der Waals surface area contributed by atoms with Crippen molar-refractivity contribution in [3.8, 4) is 0 Å². The highest BCUT2D eigenvalue weighted by atomic mass is 32.2. The van der Waals surface area contributed by atoms with Crippen LogP contribution in [-0.2, 0) is 10.0 Å². The van der Waals surface area contributed by atoms with Crippen LogP contribution in [0.5, 0.6) is 0 Å². The number of amides is 1. The summed E-state index contributed by atoms with van der Waals surface area (Å²) in [5, 5.41) is 3.02. The van der Waals surface area contributed by atoms with Crippen LogP contribution >= 0.6 is 0 Å². The number of benzene rings is 2. The molecule has 1 amide bonds. The topological polar surface area (TPSA) is 66.5 Å². The maximum Gasteiger partial charge on any atom is 0.251 e. The van der Waals surface area contributed by atoms with Crippen LogP contribution in [0.2, 0.25) is 0 Å². The van der Waals surface area contributed by atoms with Gasteiger partial charge in [0.1, 0.15) is 0 Å². The van der Waals surface area contributed by atoms with E-state index in [9.17, 15) is 13.2 Å². The lowest BCUT2D eigenvalue weighted by Gasteiger charge is -2.21. The number of hydrogen-bond acceptors (Lipinski definition) is 3. The second-order valence-corrected chi connectivity index (χ2v) is 8.87. The zero-order valence-corrected chi connectivity index (χ0v) is 17.6. The Labute approximate surface area is 162 Å². The summed E-state index contributed by atoms with van der Waals surface area (Å²) < 4.78 is 24.9. The highest BCUT2D eigenvalue weighted by Gasteiger charge is 2.17. The maximum absolute atomic E-state index is 12.6. The van der Waals surface area contributed by atoms with Crippen LogP contribution in [0, 0.1) is 20.8 Å². The molecule has 0 bridgehead atoms. The molecule has 146 valence electrons. The molecule has 0 aliphatic heterocycles. The molecule has 0 fully saturated rings. The summed E-state index contributed by atoms with van der Waals surface area (Å²) in [7, 11) is -3.34. The van der Waals surface area contributed by atoms with Crippen molar-refractivity contribution >= 4 is 21.6 Å². The van der Waals surface area contributed by atoms with Crippen LogP contribution in [0.4, 0.5) is 5.69 Å². The Morgan fingerprint density at radius 1 is 1.04 bits per heavy atom. The van der Waals surface area contributed by atoms with Crippen molar-refractivity contribution < 1.29 is 13.2 Å². The number of aryl methyl sites for hydroxylation is 3. The highest BCUT2D eigenvalue weighted by molar-refractivity contribution is 7.92. The van der Waals surface area contributed by atoms with Crippen LogP contribution < -0.4 is 9.62 Å². The van der Waals surface area contributed by atoms with E-state index in [0.29, 0.717) is 17.8 Å². The summed E-state index contributed by atoms with van der Waals surface area (Å²) in [5.74, 6) is -0.186. The summed E-state index contributed by atoms with van der Waals surface area (Å²) in [6.07, 6.45) is 1.17. The Morgan fingerprint density at radius 2 is 1.59 bits per heavy atom. The standard InChI is InChI=1S/C21H28N2O3S/c1-7-23(27(6,25)26)19-10-8-18(9-11-19)21(24)22-17(5)20-13-15(3)14(2)12-16(20)4/h8-13,17H,7H2,1-6H3,(H,22,24). The van der Waals surface area contributed by atoms with E-state index in [4.69, 9.17) is 0 Å². The van der Waals surface area contributed by atoms with Crippen molar-refractivity contribution in [2.24, 2.45) is 0 Å². The van der Waals surface area contributed by atoms with Gasteiger partial charge >= 0.3 is 0 Å². The van der Waals surface area contributed by atoms with Gasteiger partial charge in [-0.15, -0.1) is 0 Å². The van der Waals surface area contributed by atoms with E-state index in [1.807, 2.05) is 13.8 Å². The molecule has 0 heterocycles. The van der Waals surface area contributed by atoms with Gasteiger partial charge in [0.2, 0.25) is 10.0 Å². The lowest BCUT2D eigenvalue weighted by Crippen LogP contribution is -2.30. The van der Waals surface area contributed by atoms with E-state index in [1.54, 1.807) is 31.2 Å².